The minimum absolute atomic E-state index is 0.203. The van der Waals surface area contributed by atoms with Gasteiger partial charge in [0.15, 0.2) is 0 Å². The lowest BCUT2D eigenvalue weighted by Crippen LogP contribution is -2.13. The second kappa shape index (κ2) is 9.25. The van der Waals surface area contributed by atoms with Crippen molar-refractivity contribution in [1.82, 2.24) is 0 Å². The van der Waals surface area contributed by atoms with Crippen molar-refractivity contribution in [2.45, 2.75) is 90.5 Å². The smallest absolute Gasteiger partial charge is 0.0294 e. The molecule has 2 N–H and O–H groups in total. The van der Waals surface area contributed by atoms with Crippen LogP contribution in [0.15, 0.2) is 24.3 Å². The number of hydrogen-bond acceptors (Lipinski definition) is 1. The van der Waals surface area contributed by atoms with Crippen LogP contribution in [0.2, 0.25) is 0 Å². The minimum atomic E-state index is 0.203. The van der Waals surface area contributed by atoms with Gasteiger partial charge in [0.2, 0.25) is 0 Å². The molecular weight excluding hydrogens is 254 g/mol. The Morgan fingerprint density at radius 3 is 1.90 bits per heavy atom. The molecule has 0 aliphatic rings. The number of hydrogen-bond donors (Lipinski definition) is 1. The maximum absolute atomic E-state index is 6.32. The van der Waals surface area contributed by atoms with Crippen LogP contribution < -0.4 is 5.73 Å². The monoisotopic (exact) mass is 289 g/mol. The molecule has 21 heavy (non-hydrogen) atoms. The summed E-state index contributed by atoms with van der Waals surface area (Å²) in [5.74, 6) is 0. The van der Waals surface area contributed by atoms with Crippen LogP contribution in [0.5, 0.6) is 0 Å². The molecule has 1 aromatic rings. The van der Waals surface area contributed by atoms with Crippen molar-refractivity contribution >= 4 is 0 Å². The van der Waals surface area contributed by atoms with Gasteiger partial charge >= 0.3 is 0 Å². The molecular formula is C20H35N. The number of nitrogens with two attached hydrogens (primary N) is 1. The van der Waals surface area contributed by atoms with Crippen LogP contribution in [0, 0.1) is 0 Å². The SMILES string of the molecule is CCCCCCCCCC(N)c1ccc(C(C)(C)C)cc1. The van der Waals surface area contributed by atoms with E-state index in [-0.39, 0.29) is 11.5 Å². The minimum Gasteiger partial charge on any atom is -0.324 e. The fourth-order valence-electron chi connectivity index (χ4n) is 2.72. The first kappa shape index (κ1) is 18.2. The maximum atomic E-state index is 6.32. The summed E-state index contributed by atoms with van der Waals surface area (Å²) in [7, 11) is 0. The quantitative estimate of drug-likeness (QED) is 0.544. The third kappa shape index (κ3) is 7.13. The molecule has 120 valence electrons. The lowest BCUT2D eigenvalue weighted by Gasteiger charge is -2.20. The van der Waals surface area contributed by atoms with E-state index in [1.54, 1.807) is 0 Å². The first-order chi connectivity index (χ1) is 9.95. The summed E-state index contributed by atoms with van der Waals surface area (Å²) < 4.78 is 0. The zero-order chi connectivity index (χ0) is 15.7. The fourth-order valence-corrected chi connectivity index (χ4v) is 2.72. The van der Waals surface area contributed by atoms with Crippen molar-refractivity contribution in [3.8, 4) is 0 Å². The van der Waals surface area contributed by atoms with E-state index in [0.29, 0.717) is 0 Å². The van der Waals surface area contributed by atoms with Crippen molar-refractivity contribution in [1.29, 1.82) is 0 Å². The highest BCUT2D eigenvalue weighted by Gasteiger charge is 2.14. The van der Waals surface area contributed by atoms with Crippen molar-refractivity contribution in [2.75, 3.05) is 0 Å². The zero-order valence-corrected chi connectivity index (χ0v) is 14.6. The molecule has 1 rings (SSSR count). The zero-order valence-electron chi connectivity index (χ0n) is 14.6. The maximum Gasteiger partial charge on any atom is 0.0294 e. The molecule has 0 fully saturated rings. The fraction of sp³-hybridized carbons (Fsp3) is 0.700. The standard InChI is InChI=1S/C20H35N/c1-5-6-7-8-9-10-11-12-19(21)17-13-15-18(16-14-17)20(2,3)4/h13-16,19H,5-12,21H2,1-4H3. The van der Waals surface area contributed by atoms with Gasteiger partial charge in [0.25, 0.3) is 0 Å². The molecule has 0 aliphatic heterocycles. The Morgan fingerprint density at radius 2 is 1.38 bits per heavy atom. The molecule has 1 heteroatoms. The topological polar surface area (TPSA) is 26.0 Å². The second-order valence-electron chi connectivity index (χ2n) is 7.39. The van der Waals surface area contributed by atoms with Crippen molar-refractivity contribution in [2.24, 2.45) is 5.73 Å². The van der Waals surface area contributed by atoms with E-state index in [9.17, 15) is 0 Å². The number of unbranched alkanes of at least 4 members (excludes halogenated alkanes) is 6. The second-order valence-corrected chi connectivity index (χ2v) is 7.39. The lowest BCUT2D eigenvalue weighted by molar-refractivity contribution is 0.540. The largest absolute Gasteiger partial charge is 0.324 e. The van der Waals surface area contributed by atoms with Gasteiger partial charge in [0.1, 0.15) is 0 Å². The molecule has 0 aliphatic carbocycles. The van der Waals surface area contributed by atoms with Crippen molar-refractivity contribution in [3.63, 3.8) is 0 Å². The molecule has 0 amide bonds. The predicted octanol–water partition coefficient (Wildman–Crippen LogP) is 6.12. The summed E-state index contributed by atoms with van der Waals surface area (Å²) in [5.41, 5.74) is 9.21. The lowest BCUT2D eigenvalue weighted by atomic mass is 9.86. The van der Waals surface area contributed by atoms with Gasteiger partial charge in [-0.3, -0.25) is 0 Å². The van der Waals surface area contributed by atoms with Crippen LogP contribution in [0.1, 0.15) is 96.2 Å². The van der Waals surface area contributed by atoms with Crippen LogP contribution in [0.4, 0.5) is 0 Å². The van der Waals surface area contributed by atoms with Gasteiger partial charge in [0.05, 0.1) is 0 Å². The van der Waals surface area contributed by atoms with Gasteiger partial charge in [-0.15, -0.1) is 0 Å². The van der Waals surface area contributed by atoms with E-state index in [4.69, 9.17) is 5.73 Å². The average molecular weight is 290 g/mol. The summed E-state index contributed by atoms with van der Waals surface area (Å²) in [4.78, 5) is 0. The van der Waals surface area contributed by atoms with E-state index in [1.165, 1.54) is 56.1 Å². The number of rotatable bonds is 9. The van der Waals surface area contributed by atoms with Gasteiger partial charge in [-0.25, -0.2) is 0 Å². The van der Waals surface area contributed by atoms with Crippen LogP contribution >= 0.6 is 0 Å². The molecule has 0 bridgehead atoms. The van der Waals surface area contributed by atoms with E-state index >= 15 is 0 Å². The Kier molecular flexibility index (Phi) is 8.03. The highest BCUT2D eigenvalue weighted by Crippen LogP contribution is 2.25. The Hall–Kier alpha value is -0.820. The average Bonchev–Trinajstić information content (AvgIpc) is 2.45. The Morgan fingerprint density at radius 1 is 0.857 bits per heavy atom. The summed E-state index contributed by atoms with van der Waals surface area (Å²) >= 11 is 0. The van der Waals surface area contributed by atoms with Gasteiger partial charge in [-0.1, -0.05) is 96.9 Å². The van der Waals surface area contributed by atoms with E-state index in [1.807, 2.05) is 0 Å². The Labute approximate surface area is 132 Å². The first-order valence-electron chi connectivity index (χ1n) is 8.81. The van der Waals surface area contributed by atoms with Crippen molar-refractivity contribution in [3.05, 3.63) is 35.4 Å². The van der Waals surface area contributed by atoms with Crippen LogP contribution in [0.3, 0.4) is 0 Å². The molecule has 0 radical (unpaired) electrons. The Bertz CT molecular complexity index is 372. The van der Waals surface area contributed by atoms with Gasteiger partial charge in [0, 0.05) is 6.04 Å². The highest BCUT2D eigenvalue weighted by atomic mass is 14.6. The molecule has 1 unspecified atom stereocenters. The molecule has 0 heterocycles. The summed E-state index contributed by atoms with van der Waals surface area (Å²) in [5, 5.41) is 0. The molecule has 0 saturated heterocycles. The predicted molar refractivity (Wildman–Crippen MR) is 94.7 cm³/mol. The molecule has 1 nitrogen and oxygen atoms in total. The third-order valence-corrected chi connectivity index (χ3v) is 4.32. The normalized spacial score (nSPS) is 13.4. The number of benzene rings is 1. The van der Waals surface area contributed by atoms with E-state index < -0.39 is 0 Å². The highest BCUT2D eigenvalue weighted by molar-refractivity contribution is 5.29. The van der Waals surface area contributed by atoms with Gasteiger partial charge in [-0.05, 0) is 23.0 Å². The summed E-state index contributed by atoms with van der Waals surface area (Å²) in [6.07, 6.45) is 10.6. The van der Waals surface area contributed by atoms with Crippen LogP contribution in [-0.2, 0) is 5.41 Å². The molecule has 0 spiro atoms. The van der Waals surface area contributed by atoms with E-state index in [0.717, 1.165) is 6.42 Å². The van der Waals surface area contributed by atoms with Crippen molar-refractivity contribution < 1.29 is 0 Å². The van der Waals surface area contributed by atoms with Crippen LogP contribution in [0.25, 0.3) is 0 Å². The first-order valence-corrected chi connectivity index (χ1v) is 8.81. The summed E-state index contributed by atoms with van der Waals surface area (Å²) in [6.45, 7) is 9.02. The molecule has 0 aromatic heterocycles. The van der Waals surface area contributed by atoms with Crippen LogP contribution in [-0.4, -0.2) is 0 Å². The summed E-state index contributed by atoms with van der Waals surface area (Å²) in [6, 6.07) is 9.11. The molecule has 1 atom stereocenters. The van der Waals surface area contributed by atoms with E-state index in [2.05, 4.69) is 52.0 Å². The van der Waals surface area contributed by atoms with Gasteiger partial charge < -0.3 is 5.73 Å². The van der Waals surface area contributed by atoms with Gasteiger partial charge in [-0.2, -0.15) is 0 Å². The molecule has 1 aromatic carbocycles. The third-order valence-electron chi connectivity index (χ3n) is 4.32. The Balaban J connectivity index is 2.27. The molecule has 0 saturated carbocycles.